The maximum atomic E-state index is 4.83. The van der Waals surface area contributed by atoms with Crippen molar-refractivity contribution in [2.45, 2.75) is 45.6 Å². The Labute approximate surface area is 162 Å². The third-order valence-corrected chi connectivity index (χ3v) is 6.49. The first-order valence-corrected chi connectivity index (χ1v) is 11.2. The van der Waals surface area contributed by atoms with Gasteiger partial charge in [0.1, 0.15) is 0 Å². The topological polar surface area (TPSA) is 42.9 Å². The number of nitrogens with one attached hydrogen (secondary N) is 2. The van der Waals surface area contributed by atoms with Crippen LogP contribution in [0.4, 0.5) is 5.00 Å². The smallest absolute Gasteiger partial charge is 0.191 e. The zero-order valence-corrected chi connectivity index (χ0v) is 17.2. The quantitative estimate of drug-likeness (QED) is 0.591. The monoisotopic (exact) mass is 377 g/mol. The third-order valence-electron chi connectivity index (χ3n) is 5.56. The van der Waals surface area contributed by atoms with E-state index in [1.807, 2.05) is 11.3 Å². The molecule has 2 saturated heterocycles. The standard InChI is InChI=1S/C20H35N5S/c1-3-21-20(22-10-15-24-11-6-17(2)7-12-24)23-18-8-13-25(14-9-18)19-5-4-16-26-19/h4-5,16-18H,3,6-15H2,1-2H3,(H2,21,22,23). The van der Waals surface area contributed by atoms with Crippen molar-refractivity contribution < 1.29 is 0 Å². The van der Waals surface area contributed by atoms with E-state index in [4.69, 9.17) is 4.99 Å². The lowest BCUT2D eigenvalue weighted by molar-refractivity contribution is 0.197. The van der Waals surface area contributed by atoms with Gasteiger partial charge in [0, 0.05) is 32.2 Å². The summed E-state index contributed by atoms with van der Waals surface area (Å²) in [5, 5.41) is 10.7. The second kappa shape index (κ2) is 10.2. The molecule has 2 aliphatic rings. The second-order valence-electron chi connectivity index (χ2n) is 7.64. The molecule has 0 radical (unpaired) electrons. The Balaban J connectivity index is 1.41. The minimum Gasteiger partial charge on any atom is -0.363 e. The molecule has 1 aromatic heterocycles. The van der Waals surface area contributed by atoms with E-state index in [2.05, 4.69) is 51.8 Å². The van der Waals surface area contributed by atoms with Gasteiger partial charge in [-0.25, -0.2) is 0 Å². The van der Waals surface area contributed by atoms with E-state index in [9.17, 15) is 0 Å². The molecule has 5 nitrogen and oxygen atoms in total. The van der Waals surface area contributed by atoms with Crippen LogP contribution in [-0.2, 0) is 0 Å². The highest BCUT2D eigenvalue weighted by Crippen LogP contribution is 2.24. The summed E-state index contributed by atoms with van der Waals surface area (Å²) in [6.45, 7) is 12.1. The lowest BCUT2D eigenvalue weighted by Crippen LogP contribution is -2.49. The number of aliphatic imine (C=N–C) groups is 1. The van der Waals surface area contributed by atoms with Gasteiger partial charge < -0.3 is 20.4 Å². The van der Waals surface area contributed by atoms with Crippen LogP contribution >= 0.6 is 11.3 Å². The number of thiophene rings is 1. The summed E-state index contributed by atoms with van der Waals surface area (Å²) in [5.74, 6) is 1.89. The minimum absolute atomic E-state index is 0.528. The molecule has 26 heavy (non-hydrogen) atoms. The first kappa shape index (κ1) is 19.5. The molecule has 3 rings (SSSR count). The number of hydrogen-bond donors (Lipinski definition) is 2. The van der Waals surface area contributed by atoms with Gasteiger partial charge in [0.05, 0.1) is 11.5 Å². The van der Waals surface area contributed by atoms with Crippen LogP contribution < -0.4 is 15.5 Å². The Bertz CT molecular complexity index is 528. The van der Waals surface area contributed by atoms with Gasteiger partial charge >= 0.3 is 0 Å². The molecule has 0 bridgehead atoms. The fourth-order valence-corrected chi connectivity index (χ4v) is 4.58. The van der Waals surface area contributed by atoms with Crippen molar-refractivity contribution in [3.05, 3.63) is 17.5 Å². The molecule has 0 aliphatic carbocycles. The summed E-state index contributed by atoms with van der Waals surface area (Å²) in [6, 6.07) is 4.90. The molecule has 0 aromatic carbocycles. The summed E-state index contributed by atoms with van der Waals surface area (Å²) in [5.41, 5.74) is 0. The molecule has 2 N–H and O–H groups in total. The number of anilines is 1. The SMILES string of the molecule is CCNC(=NCCN1CCC(C)CC1)NC1CCN(c2cccs2)CC1. The van der Waals surface area contributed by atoms with Crippen molar-refractivity contribution in [3.8, 4) is 0 Å². The zero-order chi connectivity index (χ0) is 18.2. The van der Waals surface area contributed by atoms with E-state index in [0.29, 0.717) is 6.04 Å². The molecule has 0 spiro atoms. The van der Waals surface area contributed by atoms with Gasteiger partial charge in [-0.15, -0.1) is 11.3 Å². The maximum Gasteiger partial charge on any atom is 0.191 e. The number of hydrogen-bond acceptors (Lipinski definition) is 4. The van der Waals surface area contributed by atoms with Gasteiger partial charge in [-0.3, -0.25) is 4.99 Å². The Morgan fingerprint density at radius 1 is 1.19 bits per heavy atom. The van der Waals surface area contributed by atoms with Gasteiger partial charge in [-0.2, -0.15) is 0 Å². The number of guanidine groups is 1. The molecule has 2 fully saturated rings. The van der Waals surface area contributed by atoms with Crippen LogP contribution in [0.15, 0.2) is 22.5 Å². The van der Waals surface area contributed by atoms with Crippen molar-refractivity contribution in [2.24, 2.45) is 10.9 Å². The van der Waals surface area contributed by atoms with Crippen molar-refractivity contribution >= 4 is 22.3 Å². The van der Waals surface area contributed by atoms with E-state index in [0.717, 1.165) is 44.6 Å². The number of likely N-dealkylation sites (tertiary alicyclic amines) is 1. The molecule has 3 heterocycles. The van der Waals surface area contributed by atoms with E-state index < -0.39 is 0 Å². The summed E-state index contributed by atoms with van der Waals surface area (Å²) >= 11 is 1.84. The molecule has 0 unspecified atom stereocenters. The highest BCUT2D eigenvalue weighted by atomic mass is 32.1. The molecule has 0 atom stereocenters. The van der Waals surface area contributed by atoms with Gasteiger partial charge in [0.25, 0.3) is 0 Å². The highest BCUT2D eigenvalue weighted by Gasteiger charge is 2.21. The molecular formula is C20H35N5S. The van der Waals surface area contributed by atoms with Crippen LogP contribution in [0.1, 0.15) is 39.5 Å². The van der Waals surface area contributed by atoms with Gasteiger partial charge in [0.15, 0.2) is 5.96 Å². The Hall–Kier alpha value is -1.27. The first-order valence-electron chi connectivity index (χ1n) is 10.3. The summed E-state index contributed by atoms with van der Waals surface area (Å²) in [6.07, 6.45) is 5.02. The van der Waals surface area contributed by atoms with Crippen molar-refractivity contribution in [1.29, 1.82) is 0 Å². The van der Waals surface area contributed by atoms with E-state index in [1.54, 1.807) is 0 Å². The Morgan fingerprint density at radius 2 is 1.96 bits per heavy atom. The molecule has 0 saturated carbocycles. The maximum absolute atomic E-state index is 4.83. The normalized spacial score (nSPS) is 21.2. The molecule has 146 valence electrons. The molecule has 0 amide bonds. The summed E-state index contributed by atoms with van der Waals surface area (Å²) < 4.78 is 0. The number of nitrogens with zero attached hydrogens (tertiary/aromatic N) is 3. The van der Waals surface area contributed by atoms with Crippen LogP contribution in [0.3, 0.4) is 0 Å². The van der Waals surface area contributed by atoms with Crippen LogP contribution in [-0.4, -0.2) is 62.7 Å². The second-order valence-corrected chi connectivity index (χ2v) is 8.57. The molecule has 2 aliphatic heterocycles. The highest BCUT2D eigenvalue weighted by molar-refractivity contribution is 7.14. The van der Waals surface area contributed by atoms with Crippen LogP contribution in [0.2, 0.25) is 0 Å². The van der Waals surface area contributed by atoms with Gasteiger partial charge in [-0.1, -0.05) is 6.92 Å². The fraction of sp³-hybridized carbons (Fsp3) is 0.750. The third kappa shape index (κ3) is 5.88. The van der Waals surface area contributed by atoms with Gasteiger partial charge in [-0.05, 0) is 69.1 Å². The Morgan fingerprint density at radius 3 is 2.62 bits per heavy atom. The summed E-state index contributed by atoms with van der Waals surface area (Å²) in [7, 11) is 0. The van der Waals surface area contributed by atoms with Crippen molar-refractivity contribution in [3.63, 3.8) is 0 Å². The van der Waals surface area contributed by atoms with E-state index in [-0.39, 0.29) is 0 Å². The predicted octanol–water partition coefficient (Wildman–Crippen LogP) is 3.00. The van der Waals surface area contributed by atoms with E-state index >= 15 is 0 Å². The van der Waals surface area contributed by atoms with Crippen molar-refractivity contribution in [2.75, 3.05) is 50.7 Å². The average molecular weight is 378 g/mol. The zero-order valence-electron chi connectivity index (χ0n) is 16.4. The first-order chi connectivity index (χ1) is 12.7. The Kier molecular flexibility index (Phi) is 7.62. The van der Waals surface area contributed by atoms with E-state index in [1.165, 1.54) is 43.8 Å². The average Bonchev–Trinajstić information content (AvgIpc) is 3.19. The number of rotatable bonds is 6. The lowest BCUT2D eigenvalue weighted by atomic mass is 9.99. The minimum atomic E-state index is 0.528. The van der Waals surface area contributed by atoms with Crippen LogP contribution in [0, 0.1) is 5.92 Å². The number of piperidine rings is 2. The molecular weight excluding hydrogens is 342 g/mol. The summed E-state index contributed by atoms with van der Waals surface area (Å²) in [4.78, 5) is 9.90. The largest absolute Gasteiger partial charge is 0.363 e. The van der Waals surface area contributed by atoms with Gasteiger partial charge in [0.2, 0.25) is 0 Å². The lowest BCUT2D eigenvalue weighted by Gasteiger charge is -2.33. The molecule has 6 heteroatoms. The van der Waals surface area contributed by atoms with Crippen LogP contribution in [0.25, 0.3) is 0 Å². The van der Waals surface area contributed by atoms with Crippen molar-refractivity contribution in [1.82, 2.24) is 15.5 Å². The fourth-order valence-electron chi connectivity index (χ4n) is 3.80. The predicted molar refractivity (Wildman–Crippen MR) is 114 cm³/mol. The van der Waals surface area contributed by atoms with Crippen LogP contribution in [0.5, 0.6) is 0 Å². The molecule has 1 aromatic rings.